The van der Waals surface area contributed by atoms with E-state index in [1.54, 1.807) is 23.1 Å². The molecule has 0 unspecified atom stereocenters. The molecule has 0 bridgehead atoms. The van der Waals surface area contributed by atoms with Crippen molar-refractivity contribution in [2.75, 3.05) is 6.54 Å². The molecule has 0 saturated carbocycles. The van der Waals surface area contributed by atoms with Crippen molar-refractivity contribution in [3.8, 4) is 11.5 Å². The molecular weight excluding hydrogens is 273 g/mol. The topological polar surface area (TPSA) is 59.2 Å². The summed E-state index contributed by atoms with van der Waals surface area (Å²) in [6.45, 7) is 2.66. The largest absolute Gasteiger partial charge is 0.418 e. The smallest absolute Gasteiger partial charge is 0.250 e. The summed E-state index contributed by atoms with van der Waals surface area (Å²) in [4.78, 5) is 13.6. The molecule has 3 rings (SSSR count). The molecule has 1 fully saturated rings. The Hall–Kier alpha value is -2.24. The lowest BCUT2D eigenvalue weighted by Crippen LogP contribution is -2.29. The monoisotopic (exact) mass is 289 g/mol. The minimum Gasteiger partial charge on any atom is -0.418 e. The van der Waals surface area contributed by atoms with E-state index in [-0.39, 0.29) is 23.4 Å². The van der Waals surface area contributed by atoms with E-state index in [1.807, 2.05) is 6.92 Å². The van der Waals surface area contributed by atoms with Gasteiger partial charge in [0.1, 0.15) is 11.9 Å². The van der Waals surface area contributed by atoms with Crippen LogP contribution in [0.5, 0.6) is 0 Å². The van der Waals surface area contributed by atoms with E-state index >= 15 is 0 Å². The van der Waals surface area contributed by atoms with Gasteiger partial charge in [-0.3, -0.25) is 4.79 Å². The maximum Gasteiger partial charge on any atom is 0.250 e. The van der Waals surface area contributed by atoms with Gasteiger partial charge >= 0.3 is 0 Å². The summed E-state index contributed by atoms with van der Waals surface area (Å²) in [6, 6.07) is 6.03. The van der Waals surface area contributed by atoms with Gasteiger partial charge in [-0.25, -0.2) is 4.39 Å². The lowest BCUT2D eigenvalue weighted by atomic mass is 10.2. The van der Waals surface area contributed by atoms with Crippen LogP contribution in [-0.2, 0) is 4.79 Å². The molecule has 5 nitrogen and oxygen atoms in total. The summed E-state index contributed by atoms with van der Waals surface area (Å²) in [5, 5.41) is 7.92. The van der Waals surface area contributed by atoms with Crippen LogP contribution in [0.15, 0.2) is 28.7 Å². The quantitative estimate of drug-likeness (QED) is 0.868. The van der Waals surface area contributed by atoms with Gasteiger partial charge in [-0.15, -0.1) is 10.2 Å². The second kappa shape index (κ2) is 5.63. The highest BCUT2D eigenvalue weighted by Gasteiger charge is 2.31. The molecule has 2 heterocycles. The van der Waals surface area contributed by atoms with Gasteiger partial charge in [-0.05, 0) is 25.0 Å². The Morgan fingerprint density at radius 3 is 2.86 bits per heavy atom. The van der Waals surface area contributed by atoms with Crippen molar-refractivity contribution in [1.29, 1.82) is 0 Å². The zero-order valence-corrected chi connectivity index (χ0v) is 11.8. The fraction of sp³-hybridized carbons (Fsp3) is 0.400. The summed E-state index contributed by atoms with van der Waals surface area (Å²) in [5.74, 6) is 0.213. The zero-order chi connectivity index (χ0) is 14.8. The van der Waals surface area contributed by atoms with Gasteiger partial charge in [-0.1, -0.05) is 19.1 Å². The highest BCUT2D eigenvalue weighted by molar-refractivity contribution is 5.78. The first kappa shape index (κ1) is 13.7. The van der Waals surface area contributed by atoms with Gasteiger partial charge < -0.3 is 9.32 Å². The number of aromatic nitrogens is 2. The average Bonchev–Trinajstić information content (AvgIpc) is 3.11. The number of carbonyl (C=O) groups excluding carboxylic acids is 1. The second-order valence-electron chi connectivity index (χ2n) is 5.04. The van der Waals surface area contributed by atoms with Crippen molar-refractivity contribution in [3.63, 3.8) is 0 Å². The fourth-order valence-electron chi connectivity index (χ4n) is 2.64. The molecule has 0 spiro atoms. The number of hydrogen-bond acceptors (Lipinski definition) is 4. The minimum absolute atomic E-state index is 0.104. The van der Waals surface area contributed by atoms with E-state index in [2.05, 4.69) is 10.2 Å². The van der Waals surface area contributed by atoms with Crippen LogP contribution in [0, 0.1) is 5.82 Å². The number of rotatable bonds is 4. The zero-order valence-electron chi connectivity index (χ0n) is 11.8. The first-order chi connectivity index (χ1) is 10.2. The SMILES string of the molecule is CC[C@H](c1nnc(-c2ccccc2F)o1)N1CCCC1=O. The number of amides is 1. The van der Waals surface area contributed by atoms with E-state index in [0.29, 0.717) is 25.3 Å². The van der Waals surface area contributed by atoms with Crippen LogP contribution in [0.3, 0.4) is 0 Å². The summed E-state index contributed by atoms with van der Waals surface area (Å²) in [6.07, 6.45) is 2.10. The molecule has 110 valence electrons. The molecule has 0 aliphatic carbocycles. The highest BCUT2D eigenvalue weighted by Crippen LogP contribution is 2.30. The van der Waals surface area contributed by atoms with Gasteiger partial charge in [0.05, 0.1) is 5.56 Å². The highest BCUT2D eigenvalue weighted by atomic mass is 19.1. The Bertz CT molecular complexity index is 656. The lowest BCUT2D eigenvalue weighted by Gasteiger charge is -2.23. The Morgan fingerprint density at radius 2 is 2.19 bits per heavy atom. The van der Waals surface area contributed by atoms with Gasteiger partial charge in [0.25, 0.3) is 5.89 Å². The molecule has 1 aromatic carbocycles. The van der Waals surface area contributed by atoms with Crippen LogP contribution in [0.2, 0.25) is 0 Å². The van der Waals surface area contributed by atoms with Gasteiger partial charge in [0.15, 0.2) is 0 Å². The van der Waals surface area contributed by atoms with Gasteiger partial charge in [0, 0.05) is 13.0 Å². The molecule has 1 atom stereocenters. The Kier molecular flexibility index (Phi) is 3.68. The summed E-state index contributed by atoms with van der Waals surface area (Å²) in [5.41, 5.74) is 0.277. The molecular formula is C15H16FN3O2. The van der Waals surface area contributed by atoms with Crippen LogP contribution < -0.4 is 0 Å². The molecule has 1 aromatic heterocycles. The van der Waals surface area contributed by atoms with Crippen LogP contribution >= 0.6 is 0 Å². The number of hydrogen-bond donors (Lipinski definition) is 0. The third-order valence-corrected chi connectivity index (χ3v) is 3.70. The molecule has 2 aromatic rings. The fourth-order valence-corrected chi connectivity index (χ4v) is 2.64. The van der Waals surface area contributed by atoms with Gasteiger partial charge in [0.2, 0.25) is 11.8 Å². The molecule has 1 aliphatic rings. The number of likely N-dealkylation sites (tertiary alicyclic amines) is 1. The molecule has 1 aliphatic heterocycles. The summed E-state index contributed by atoms with van der Waals surface area (Å²) in [7, 11) is 0. The molecule has 21 heavy (non-hydrogen) atoms. The predicted molar refractivity (Wildman–Crippen MR) is 73.7 cm³/mol. The molecule has 1 saturated heterocycles. The van der Waals surface area contributed by atoms with Crippen LogP contribution in [0.1, 0.15) is 38.1 Å². The van der Waals surface area contributed by atoms with E-state index in [1.165, 1.54) is 6.07 Å². The summed E-state index contributed by atoms with van der Waals surface area (Å²) >= 11 is 0. The second-order valence-corrected chi connectivity index (χ2v) is 5.04. The predicted octanol–water partition coefficient (Wildman–Crippen LogP) is 2.95. The Morgan fingerprint density at radius 1 is 1.38 bits per heavy atom. The van der Waals surface area contributed by atoms with E-state index in [4.69, 9.17) is 4.42 Å². The minimum atomic E-state index is -0.405. The van der Waals surface area contributed by atoms with Gasteiger partial charge in [-0.2, -0.15) is 0 Å². The number of benzene rings is 1. The number of halogens is 1. The van der Waals surface area contributed by atoms with Crippen molar-refractivity contribution in [3.05, 3.63) is 36.0 Å². The maximum atomic E-state index is 13.7. The molecule has 0 N–H and O–H groups in total. The normalized spacial score (nSPS) is 16.5. The summed E-state index contributed by atoms with van der Waals surface area (Å²) < 4.78 is 19.3. The van der Waals surface area contributed by atoms with E-state index < -0.39 is 5.82 Å². The number of carbonyl (C=O) groups is 1. The molecule has 1 amide bonds. The van der Waals surface area contributed by atoms with Crippen molar-refractivity contribution in [2.24, 2.45) is 0 Å². The standard InChI is InChI=1S/C15H16FN3O2/c1-2-12(19-9-5-8-13(19)20)15-18-17-14(21-15)10-6-3-4-7-11(10)16/h3-4,6-7,12H,2,5,8-9H2,1H3/t12-/m1/s1. The first-order valence-electron chi connectivity index (χ1n) is 7.08. The first-order valence-corrected chi connectivity index (χ1v) is 7.08. The van der Waals surface area contributed by atoms with Crippen LogP contribution in [0.25, 0.3) is 11.5 Å². The van der Waals surface area contributed by atoms with Crippen molar-refractivity contribution < 1.29 is 13.6 Å². The van der Waals surface area contributed by atoms with Crippen LogP contribution in [-0.4, -0.2) is 27.5 Å². The van der Waals surface area contributed by atoms with E-state index in [9.17, 15) is 9.18 Å². The third kappa shape index (κ3) is 2.53. The van der Waals surface area contributed by atoms with Crippen LogP contribution in [0.4, 0.5) is 4.39 Å². The average molecular weight is 289 g/mol. The lowest BCUT2D eigenvalue weighted by molar-refractivity contribution is -0.130. The van der Waals surface area contributed by atoms with Crippen molar-refractivity contribution in [2.45, 2.75) is 32.2 Å². The number of nitrogens with zero attached hydrogens (tertiary/aromatic N) is 3. The molecule has 0 radical (unpaired) electrons. The van der Waals surface area contributed by atoms with E-state index in [0.717, 1.165) is 6.42 Å². The Labute approximate surface area is 121 Å². The van der Waals surface area contributed by atoms with Crippen molar-refractivity contribution in [1.82, 2.24) is 15.1 Å². The van der Waals surface area contributed by atoms with Crippen molar-refractivity contribution >= 4 is 5.91 Å². The Balaban J connectivity index is 1.90. The molecule has 6 heteroatoms. The maximum absolute atomic E-state index is 13.7. The third-order valence-electron chi connectivity index (χ3n) is 3.70.